The molecule has 1 saturated heterocycles. The van der Waals surface area contributed by atoms with Crippen LogP contribution in [0.5, 0.6) is 0 Å². The zero-order valence-electron chi connectivity index (χ0n) is 18.5. The van der Waals surface area contributed by atoms with Gasteiger partial charge in [-0.1, -0.05) is 42.5 Å². The maximum absolute atomic E-state index is 12.9. The number of alkyl halides is 3. The minimum absolute atomic E-state index is 0.0910. The number of nitrogens with zero attached hydrogens (tertiary/aromatic N) is 2. The van der Waals surface area contributed by atoms with E-state index in [0.717, 1.165) is 17.7 Å². The van der Waals surface area contributed by atoms with Gasteiger partial charge in [0.2, 0.25) is 5.91 Å². The average Bonchev–Trinajstić information content (AvgIpc) is 3.32. The summed E-state index contributed by atoms with van der Waals surface area (Å²) >= 11 is 1.28. The first-order valence-electron chi connectivity index (χ1n) is 10.8. The summed E-state index contributed by atoms with van der Waals surface area (Å²) in [5, 5.41) is 2.31. The number of methoxy groups -OCH3 is 1. The molecule has 1 amide bonds. The topological polar surface area (TPSA) is 59.5 Å². The van der Waals surface area contributed by atoms with Gasteiger partial charge in [-0.05, 0) is 30.5 Å². The van der Waals surface area contributed by atoms with Crippen molar-refractivity contribution in [1.82, 2.24) is 9.88 Å². The maximum atomic E-state index is 12.9. The number of esters is 1. The number of likely N-dealkylation sites (tertiary alicyclic amines) is 1. The monoisotopic (exact) mass is 488 g/mol. The molecular formula is C25H23F3N2O3S. The molecule has 5 nitrogen and oxygen atoms in total. The van der Waals surface area contributed by atoms with Crippen LogP contribution in [0.3, 0.4) is 0 Å². The van der Waals surface area contributed by atoms with Gasteiger partial charge < -0.3 is 9.64 Å². The number of benzene rings is 2. The van der Waals surface area contributed by atoms with Crippen LogP contribution in [0.4, 0.5) is 13.2 Å². The number of hydrogen-bond acceptors (Lipinski definition) is 5. The first-order valence-corrected chi connectivity index (χ1v) is 11.6. The lowest BCUT2D eigenvalue weighted by Gasteiger charge is -2.40. The third kappa shape index (κ3) is 4.84. The van der Waals surface area contributed by atoms with E-state index in [1.807, 2.05) is 30.3 Å². The highest BCUT2D eigenvalue weighted by molar-refractivity contribution is 7.13. The van der Waals surface area contributed by atoms with Crippen LogP contribution in [-0.2, 0) is 32.3 Å². The van der Waals surface area contributed by atoms with Crippen LogP contribution in [0.2, 0.25) is 0 Å². The van der Waals surface area contributed by atoms with Crippen LogP contribution in [0.1, 0.15) is 29.7 Å². The van der Waals surface area contributed by atoms with E-state index in [9.17, 15) is 22.8 Å². The van der Waals surface area contributed by atoms with Crippen molar-refractivity contribution < 1.29 is 27.5 Å². The van der Waals surface area contributed by atoms with Gasteiger partial charge >= 0.3 is 12.1 Å². The molecule has 0 unspecified atom stereocenters. The highest BCUT2D eigenvalue weighted by Gasteiger charge is 2.44. The van der Waals surface area contributed by atoms with E-state index < -0.39 is 17.2 Å². The molecule has 0 radical (unpaired) electrons. The van der Waals surface area contributed by atoms with Gasteiger partial charge in [-0.2, -0.15) is 13.2 Å². The number of thiazole rings is 1. The van der Waals surface area contributed by atoms with Crippen LogP contribution >= 0.6 is 11.3 Å². The molecule has 178 valence electrons. The van der Waals surface area contributed by atoms with Gasteiger partial charge in [0.1, 0.15) is 5.01 Å². The third-order valence-electron chi connectivity index (χ3n) is 6.22. The number of carbonyl (C=O) groups is 2. The Morgan fingerprint density at radius 2 is 1.71 bits per heavy atom. The Balaban J connectivity index is 1.41. The second-order valence-electron chi connectivity index (χ2n) is 8.22. The fourth-order valence-electron chi connectivity index (χ4n) is 4.29. The molecule has 3 aromatic rings. The predicted molar refractivity (Wildman–Crippen MR) is 122 cm³/mol. The van der Waals surface area contributed by atoms with Crippen molar-refractivity contribution in [2.24, 2.45) is 0 Å². The first-order chi connectivity index (χ1) is 16.2. The lowest BCUT2D eigenvalue weighted by Crippen LogP contribution is -2.49. The van der Waals surface area contributed by atoms with Crippen LogP contribution in [-0.4, -0.2) is 42.0 Å². The Morgan fingerprint density at radius 3 is 2.29 bits per heavy atom. The van der Waals surface area contributed by atoms with Crippen molar-refractivity contribution in [3.05, 3.63) is 76.8 Å². The highest BCUT2D eigenvalue weighted by Crippen LogP contribution is 2.37. The summed E-state index contributed by atoms with van der Waals surface area (Å²) in [6.45, 7) is 0.831. The molecule has 2 heterocycles. The van der Waals surface area contributed by atoms with Gasteiger partial charge in [0.25, 0.3) is 0 Å². The van der Waals surface area contributed by atoms with Gasteiger partial charge in [0.05, 0.1) is 30.2 Å². The predicted octanol–water partition coefficient (Wildman–Crippen LogP) is 5.10. The molecule has 0 bridgehead atoms. The van der Waals surface area contributed by atoms with Crippen LogP contribution in [0, 0.1) is 0 Å². The summed E-state index contributed by atoms with van der Waals surface area (Å²) in [6.07, 6.45) is -3.38. The number of ether oxygens (including phenoxy) is 1. The molecule has 0 atom stereocenters. The Bertz CT molecular complexity index is 1150. The van der Waals surface area contributed by atoms with E-state index >= 15 is 0 Å². The molecule has 2 aromatic carbocycles. The van der Waals surface area contributed by atoms with Gasteiger partial charge in [-0.25, -0.2) is 4.98 Å². The lowest BCUT2D eigenvalue weighted by atomic mass is 9.72. The second kappa shape index (κ2) is 9.58. The SMILES string of the molecule is COC(=O)C1(c2ccccc2)CCN(C(=O)Cc2csc(-c3ccc(C(F)(F)F)cc3)n2)CC1. The Hall–Kier alpha value is -3.20. The zero-order valence-corrected chi connectivity index (χ0v) is 19.3. The molecule has 1 fully saturated rings. The number of hydrogen-bond donors (Lipinski definition) is 0. The lowest BCUT2D eigenvalue weighted by molar-refractivity contribution is -0.151. The van der Waals surface area contributed by atoms with Crippen LogP contribution in [0.25, 0.3) is 10.6 Å². The first kappa shape index (κ1) is 23.9. The number of rotatable bonds is 5. The van der Waals surface area contributed by atoms with Crippen LogP contribution in [0.15, 0.2) is 60.0 Å². The maximum Gasteiger partial charge on any atom is 0.416 e. The number of piperidine rings is 1. The third-order valence-corrected chi connectivity index (χ3v) is 7.16. The van der Waals surface area contributed by atoms with E-state index in [2.05, 4.69) is 4.98 Å². The second-order valence-corrected chi connectivity index (χ2v) is 9.07. The normalized spacial score (nSPS) is 15.7. The quantitative estimate of drug-likeness (QED) is 0.469. The van der Waals surface area contributed by atoms with E-state index in [4.69, 9.17) is 4.74 Å². The average molecular weight is 489 g/mol. The molecule has 0 N–H and O–H groups in total. The molecule has 4 rings (SSSR count). The molecule has 1 aromatic heterocycles. The summed E-state index contributed by atoms with van der Waals surface area (Å²) in [5.41, 5.74) is 0.531. The van der Waals surface area contributed by atoms with Crippen molar-refractivity contribution in [3.63, 3.8) is 0 Å². The van der Waals surface area contributed by atoms with Crippen molar-refractivity contribution in [2.45, 2.75) is 30.9 Å². The Kier molecular flexibility index (Phi) is 6.74. The number of carbonyl (C=O) groups excluding carboxylic acids is 2. The van der Waals surface area contributed by atoms with Crippen LogP contribution < -0.4 is 0 Å². The summed E-state index contributed by atoms with van der Waals surface area (Å²) < 4.78 is 43.4. The largest absolute Gasteiger partial charge is 0.468 e. The van der Waals surface area contributed by atoms with E-state index in [-0.39, 0.29) is 18.3 Å². The zero-order chi connectivity index (χ0) is 24.3. The molecule has 0 saturated carbocycles. The van der Waals surface area contributed by atoms with E-state index in [1.165, 1.54) is 30.6 Å². The smallest absolute Gasteiger partial charge is 0.416 e. The van der Waals surface area contributed by atoms with Crippen molar-refractivity contribution >= 4 is 23.2 Å². The molecular weight excluding hydrogens is 465 g/mol. The molecule has 1 aliphatic rings. The summed E-state index contributed by atoms with van der Waals surface area (Å²) in [5.74, 6) is -0.401. The fraction of sp³-hybridized carbons (Fsp3) is 0.320. The van der Waals surface area contributed by atoms with Crippen molar-refractivity contribution in [2.75, 3.05) is 20.2 Å². The standard InChI is InChI=1S/C25H23F3N2O3S/c1-33-23(32)24(18-5-3-2-4-6-18)11-13-30(14-12-24)21(31)15-20-16-34-22(29-20)17-7-9-19(10-8-17)25(26,27)28/h2-10,16H,11-15H2,1H3. The van der Waals surface area contributed by atoms with E-state index in [1.54, 1.807) is 10.3 Å². The molecule has 1 aliphatic heterocycles. The number of halogens is 3. The highest BCUT2D eigenvalue weighted by atomic mass is 32.1. The fourth-order valence-corrected chi connectivity index (χ4v) is 5.12. The number of aromatic nitrogens is 1. The molecule has 0 aliphatic carbocycles. The minimum Gasteiger partial charge on any atom is -0.468 e. The molecule has 0 spiro atoms. The summed E-state index contributed by atoms with van der Waals surface area (Å²) in [6, 6.07) is 14.3. The Labute approximate surface area is 199 Å². The molecule has 34 heavy (non-hydrogen) atoms. The summed E-state index contributed by atoms with van der Waals surface area (Å²) in [7, 11) is 1.38. The van der Waals surface area contributed by atoms with Gasteiger partial charge in [0, 0.05) is 24.0 Å². The molecule has 9 heteroatoms. The van der Waals surface area contributed by atoms with Crippen molar-refractivity contribution in [3.8, 4) is 10.6 Å². The van der Waals surface area contributed by atoms with Gasteiger partial charge in [-0.3, -0.25) is 9.59 Å². The minimum atomic E-state index is -4.39. The van der Waals surface area contributed by atoms with E-state index in [0.29, 0.717) is 42.2 Å². The number of amides is 1. The Morgan fingerprint density at radius 1 is 1.06 bits per heavy atom. The summed E-state index contributed by atoms with van der Waals surface area (Å²) in [4.78, 5) is 31.7. The van der Waals surface area contributed by atoms with Crippen molar-refractivity contribution in [1.29, 1.82) is 0 Å². The van der Waals surface area contributed by atoms with Gasteiger partial charge in [-0.15, -0.1) is 11.3 Å². The van der Waals surface area contributed by atoms with Gasteiger partial charge in [0.15, 0.2) is 0 Å².